The number of pyridine rings is 2. The smallest absolute Gasteiger partial charge is 0.410 e. The lowest BCUT2D eigenvalue weighted by molar-refractivity contribution is -0.134. The number of nitrogen functional groups attached to an aromatic ring is 2. The number of nitrogens with two attached hydrogens (primary N) is 2. The van der Waals surface area contributed by atoms with Crippen LogP contribution in [0.1, 0.15) is 44.0 Å². The number of nitrogens with one attached hydrogen (secondary N) is 1. The second kappa shape index (κ2) is 22.5. The predicted octanol–water partition coefficient (Wildman–Crippen LogP) is 6.18. The molecule has 67 heavy (non-hydrogen) atoms. The summed E-state index contributed by atoms with van der Waals surface area (Å²) in [5.74, 6) is 1.55. The number of benzene rings is 2. The molecule has 4 aliphatic heterocycles. The first-order valence-corrected chi connectivity index (χ1v) is 24.1. The highest BCUT2D eigenvalue weighted by Gasteiger charge is 2.35. The maximum absolute atomic E-state index is 13.3. The van der Waals surface area contributed by atoms with Crippen LogP contribution in [0.4, 0.5) is 27.8 Å². The van der Waals surface area contributed by atoms with Gasteiger partial charge in [0.15, 0.2) is 11.6 Å². The fraction of sp³-hybridized carbons (Fsp3) is 0.468. The minimum Gasteiger partial charge on any atom is -0.444 e. The molecule has 0 aliphatic carbocycles. The van der Waals surface area contributed by atoms with Gasteiger partial charge in [-0.3, -0.25) is 19.4 Å². The van der Waals surface area contributed by atoms with E-state index in [1.165, 1.54) is 0 Å². The zero-order chi connectivity index (χ0) is 47.8. The molecule has 3 amide bonds. The first-order valence-electron chi connectivity index (χ1n) is 22.6. The van der Waals surface area contributed by atoms with E-state index >= 15 is 0 Å². The van der Waals surface area contributed by atoms with Crippen molar-refractivity contribution in [1.29, 1.82) is 0 Å². The molecule has 0 radical (unpaired) electrons. The molecule has 8 rings (SSSR count). The number of amides is 3. The highest BCUT2D eigenvalue weighted by molar-refractivity contribution is 6.31. The van der Waals surface area contributed by atoms with Gasteiger partial charge >= 0.3 is 6.09 Å². The monoisotopic (exact) mass is 996 g/mol. The molecular formula is C47H60Cl4N12O4. The van der Waals surface area contributed by atoms with Crippen LogP contribution in [0.3, 0.4) is 0 Å². The lowest BCUT2D eigenvalue weighted by Gasteiger charge is -2.43. The van der Waals surface area contributed by atoms with Crippen LogP contribution in [-0.4, -0.2) is 163 Å². The molecule has 4 aromatic rings. The summed E-state index contributed by atoms with van der Waals surface area (Å²) in [6.07, 6.45) is 2.88. The summed E-state index contributed by atoms with van der Waals surface area (Å²) < 4.78 is 5.47. The van der Waals surface area contributed by atoms with Crippen molar-refractivity contribution >= 4 is 87.3 Å². The van der Waals surface area contributed by atoms with E-state index < -0.39 is 5.60 Å². The topological polar surface area (TPSA) is 173 Å². The molecule has 0 bridgehead atoms. The average Bonchev–Trinajstić information content (AvgIpc) is 3.29. The van der Waals surface area contributed by atoms with Crippen molar-refractivity contribution in [3.05, 3.63) is 104 Å². The van der Waals surface area contributed by atoms with Crippen molar-refractivity contribution in [3.8, 4) is 0 Å². The summed E-state index contributed by atoms with van der Waals surface area (Å²) >= 11 is 24.4. The second-order valence-corrected chi connectivity index (χ2v) is 19.8. The zero-order valence-corrected chi connectivity index (χ0v) is 41.2. The van der Waals surface area contributed by atoms with E-state index in [-0.39, 0.29) is 30.0 Å². The molecule has 4 aliphatic rings. The lowest BCUT2D eigenvalue weighted by Crippen LogP contribution is -2.55. The number of hydrogen-bond donors (Lipinski definition) is 3. The first-order chi connectivity index (χ1) is 32.0. The molecule has 0 saturated carbocycles. The van der Waals surface area contributed by atoms with Gasteiger partial charge in [0.1, 0.15) is 5.60 Å². The molecule has 2 atom stereocenters. The van der Waals surface area contributed by atoms with E-state index in [1.807, 2.05) is 79.1 Å². The highest BCUT2D eigenvalue weighted by atomic mass is 35.5. The van der Waals surface area contributed by atoms with E-state index in [0.29, 0.717) is 122 Å². The van der Waals surface area contributed by atoms with Crippen molar-refractivity contribution in [1.82, 2.24) is 39.8 Å². The van der Waals surface area contributed by atoms with E-state index in [1.54, 1.807) is 29.4 Å². The number of rotatable bonds is 8. The third-order valence-corrected chi connectivity index (χ3v) is 13.1. The van der Waals surface area contributed by atoms with Crippen LogP contribution in [0.2, 0.25) is 20.1 Å². The van der Waals surface area contributed by atoms with Gasteiger partial charge in [0, 0.05) is 114 Å². The average molecular weight is 999 g/mol. The van der Waals surface area contributed by atoms with E-state index in [9.17, 15) is 14.4 Å². The molecule has 5 N–H and O–H groups in total. The molecule has 20 heteroatoms. The predicted molar refractivity (Wildman–Crippen MR) is 267 cm³/mol. The van der Waals surface area contributed by atoms with Gasteiger partial charge in [-0.2, -0.15) is 0 Å². The minimum absolute atomic E-state index is 0.0568. The van der Waals surface area contributed by atoms with Gasteiger partial charge in [-0.15, -0.1) is 0 Å². The summed E-state index contributed by atoms with van der Waals surface area (Å²) in [5.41, 5.74) is 15.1. The number of aromatic nitrogens is 2. The molecule has 4 saturated heterocycles. The van der Waals surface area contributed by atoms with Gasteiger partial charge in [0.25, 0.3) is 0 Å². The molecule has 2 unspecified atom stereocenters. The van der Waals surface area contributed by atoms with Crippen molar-refractivity contribution in [2.75, 3.05) is 126 Å². The largest absolute Gasteiger partial charge is 0.444 e. The van der Waals surface area contributed by atoms with Gasteiger partial charge in [-0.25, -0.2) is 14.8 Å². The van der Waals surface area contributed by atoms with Crippen molar-refractivity contribution in [3.63, 3.8) is 0 Å². The number of hydrogen-bond acceptors (Lipinski definition) is 13. The lowest BCUT2D eigenvalue weighted by atomic mass is 10.0. The Morgan fingerprint density at radius 2 is 1.00 bits per heavy atom. The Morgan fingerprint density at radius 1 is 0.597 bits per heavy atom. The third-order valence-electron chi connectivity index (χ3n) is 12.2. The molecule has 4 fully saturated rings. The number of ether oxygens (including phenoxy) is 1. The van der Waals surface area contributed by atoms with Gasteiger partial charge in [0.2, 0.25) is 11.8 Å². The van der Waals surface area contributed by atoms with E-state index in [4.69, 9.17) is 62.6 Å². The van der Waals surface area contributed by atoms with Gasteiger partial charge in [0.05, 0.1) is 46.6 Å². The van der Waals surface area contributed by atoms with Crippen LogP contribution < -0.4 is 26.6 Å². The van der Waals surface area contributed by atoms with E-state index in [2.05, 4.69) is 34.9 Å². The second-order valence-electron chi connectivity index (χ2n) is 18.1. The van der Waals surface area contributed by atoms with Crippen LogP contribution in [0, 0.1) is 0 Å². The quantitative estimate of drug-likeness (QED) is 0.183. The van der Waals surface area contributed by atoms with Crippen LogP contribution in [0.25, 0.3) is 0 Å². The number of anilines is 4. The number of halogens is 4. The minimum atomic E-state index is -0.529. The summed E-state index contributed by atoms with van der Waals surface area (Å²) in [4.78, 5) is 61.8. The fourth-order valence-corrected chi connectivity index (χ4v) is 9.29. The number of piperazine rings is 4. The summed E-state index contributed by atoms with van der Waals surface area (Å²) in [6, 6.07) is 18.6. The standard InChI is InChI=1S/C26H34Cl2N6O3.C21H26Cl2N6O/c1-26(2,3)37-25(36)32-10-8-31(9-11-32)17-23(35)33-12-13-34(24-21(29)14-20(28)15-30-24)22(16-33)18-4-6-19(27)7-5-18;22-16-3-1-15(2-4-16)19-13-28(20(30)14-27-7-5-25-6-8-27)9-10-29(19)21-18(24)11-17(23)12-26-21/h4-7,14-15,22H,8-13,16-17,29H2,1-3H3;1-4,11-12,19,25H,5-10,13-14,24H2. The highest BCUT2D eigenvalue weighted by Crippen LogP contribution is 2.36. The Bertz CT molecular complexity index is 2330. The molecule has 2 aromatic carbocycles. The Kier molecular flexibility index (Phi) is 16.8. The maximum Gasteiger partial charge on any atom is 0.410 e. The Balaban J connectivity index is 0.000000203. The van der Waals surface area contributed by atoms with Gasteiger partial charge in [-0.1, -0.05) is 70.7 Å². The van der Waals surface area contributed by atoms with Crippen LogP contribution >= 0.6 is 46.4 Å². The SMILES string of the molecule is CC(C)(C)OC(=O)N1CCN(CC(=O)N2CCN(c3ncc(Cl)cc3N)C(c3ccc(Cl)cc3)C2)CC1.Nc1cc(Cl)cnc1N1CCN(C(=O)CN2CCNCC2)CC1c1ccc(Cl)cc1. The summed E-state index contributed by atoms with van der Waals surface area (Å²) in [6.45, 7) is 15.7. The molecule has 360 valence electrons. The van der Waals surface area contributed by atoms with Gasteiger partial charge in [-0.05, 0) is 68.3 Å². The Morgan fingerprint density at radius 3 is 1.40 bits per heavy atom. The summed E-state index contributed by atoms with van der Waals surface area (Å²) in [5, 5.41) is 5.63. The Hall–Kier alpha value is -4.81. The van der Waals surface area contributed by atoms with Crippen molar-refractivity contribution in [2.24, 2.45) is 0 Å². The first kappa shape index (κ1) is 50.1. The fourth-order valence-electron chi connectivity index (χ4n) is 8.71. The molecule has 16 nitrogen and oxygen atoms in total. The zero-order valence-electron chi connectivity index (χ0n) is 38.2. The maximum atomic E-state index is 13.3. The number of carbonyl (C=O) groups is 3. The van der Waals surface area contributed by atoms with Crippen molar-refractivity contribution < 1.29 is 19.1 Å². The van der Waals surface area contributed by atoms with Crippen LogP contribution in [0.5, 0.6) is 0 Å². The van der Waals surface area contributed by atoms with Crippen LogP contribution in [0.15, 0.2) is 73.1 Å². The van der Waals surface area contributed by atoms with Gasteiger partial charge < -0.3 is 46.0 Å². The number of carbonyl (C=O) groups excluding carboxylic acids is 3. The van der Waals surface area contributed by atoms with Crippen LogP contribution in [-0.2, 0) is 14.3 Å². The number of nitrogens with zero attached hydrogens (tertiary/aromatic N) is 9. The normalized spacial score (nSPS) is 19.7. The molecule has 0 spiro atoms. The van der Waals surface area contributed by atoms with E-state index in [0.717, 1.165) is 37.3 Å². The summed E-state index contributed by atoms with van der Waals surface area (Å²) in [7, 11) is 0. The third kappa shape index (κ3) is 13.5. The Labute approximate surface area is 413 Å². The van der Waals surface area contributed by atoms with Crippen molar-refractivity contribution in [2.45, 2.75) is 38.5 Å². The molecular weight excluding hydrogens is 938 g/mol. The molecule has 6 heterocycles. The molecule has 2 aromatic heterocycles.